The van der Waals surface area contributed by atoms with E-state index in [9.17, 15) is 9.50 Å². The second-order valence-corrected chi connectivity index (χ2v) is 4.17. The van der Waals surface area contributed by atoms with Crippen molar-refractivity contribution in [2.75, 3.05) is 5.73 Å². The molecule has 0 bridgehead atoms. The van der Waals surface area contributed by atoms with Gasteiger partial charge in [-0.2, -0.15) is 0 Å². The van der Waals surface area contributed by atoms with Crippen LogP contribution in [0.25, 0.3) is 22.0 Å². The third-order valence-electron chi connectivity index (χ3n) is 2.99. The Bertz CT molecular complexity index is 734. The van der Waals surface area contributed by atoms with Gasteiger partial charge in [-0.1, -0.05) is 6.07 Å². The molecule has 3 rings (SSSR count). The zero-order valence-electron chi connectivity index (χ0n) is 9.44. The number of H-pyrrole nitrogens is 1. The summed E-state index contributed by atoms with van der Waals surface area (Å²) in [6.07, 6.45) is 1.79. The van der Waals surface area contributed by atoms with Crippen molar-refractivity contribution in [1.82, 2.24) is 4.98 Å². The number of aromatic amines is 1. The highest BCUT2D eigenvalue weighted by atomic mass is 19.1. The van der Waals surface area contributed by atoms with Crippen molar-refractivity contribution in [3.63, 3.8) is 0 Å². The Morgan fingerprint density at radius 2 is 1.94 bits per heavy atom. The molecule has 0 aliphatic rings. The second-order valence-electron chi connectivity index (χ2n) is 4.17. The summed E-state index contributed by atoms with van der Waals surface area (Å²) in [6, 6.07) is 9.63. The topological polar surface area (TPSA) is 62.0 Å². The van der Waals surface area contributed by atoms with Gasteiger partial charge in [-0.15, -0.1) is 0 Å². The average Bonchev–Trinajstić information content (AvgIpc) is 2.75. The summed E-state index contributed by atoms with van der Waals surface area (Å²) in [5, 5.41) is 10.5. The van der Waals surface area contributed by atoms with Crippen molar-refractivity contribution in [2.45, 2.75) is 0 Å². The number of phenols is 1. The molecule has 0 spiro atoms. The summed E-state index contributed by atoms with van der Waals surface area (Å²) in [6.45, 7) is 0. The van der Waals surface area contributed by atoms with E-state index in [-0.39, 0.29) is 11.6 Å². The van der Waals surface area contributed by atoms with Gasteiger partial charge in [0, 0.05) is 22.7 Å². The fourth-order valence-corrected chi connectivity index (χ4v) is 2.05. The quantitative estimate of drug-likeness (QED) is 0.453. The van der Waals surface area contributed by atoms with E-state index in [1.165, 1.54) is 12.1 Å². The molecule has 0 radical (unpaired) electrons. The Morgan fingerprint density at radius 3 is 2.72 bits per heavy atom. The van der Waals surface area contributed by atoms with Crippen LogP contribution in [0.3, 0.4) is 0 Å². The molecule has 2 aromatic carbocycles. The van der Waals surface area contributed by atoms with E-state index >= 15 is 0 Å². The van der Waals surface area contributed by atoms with Gasteiger partial charge >= 0.3 is 0 Å². The number of hydrogen-bond donors (Lipinski definition) is 3. The van der Waals surface area contributed by atoms with Crippen LogP contribution in [0.2, 0.25) is 0 Å². The molecule has 0 saturated heterocycles. The van der Waals surface area contributed by atoms with Gasteiger partial charge in [0.25, 0.3) is 0 Å². The fraction of sp³-hybridized carbons (Fsp3) is 0. The first kappa shape index (κ1) is 10.7. The predicted octanol–water partition coefficient (Wildman–Crippen LogP) is 3.26. The molecular formula is C14H11FN2O. The van der Waals surface area contributed by atoms with Crippen LogP contribution in [-0.2, 0) is 0 Å². The summed E-state index contributed by atoms with van der Waals surface area (Å²) >= 11 is 0. The van der Waals surface area contributed by atoms with Gasteiger partial charge in [0.05, 0.1) is 5.69 Å². The number of hydrogen-bond acceptors (Lipinski definition) is 2. The summed E-state index contributed by atoms with van der Waals surface area (Å²) in [7, 11) is 0. The summed E-state index contributed by atoms with van der Waals surface area (Å²) < 4.78 is 13.1. The summed E-state index contributed by atoms with van der Waals surface area (Å²) in [5.41, 5.74) is 8.36. The molecule has 18 heavy (non-hydrogen) atoms. The van der Waals surface area contributed by atoms with E-state index in [0.29, 0.717) is 5.69 Å². The maximum absolute atomic E-state index is 13.1. The SMILES string of the molecule is Nc1ccc(-c2c[nH]c3cc(F)ccc23)cc1O. The Kier molecular flexibility index (Phi) is 2.23. The van der Waals surface area contributed by atoms with Crippen LogP contribution in [0, 0.1) is 5.82 Å². The highest BCUT2D eigenvalue weighted by molar-refractivity contribution is 5.96. The van der Waals surface area contributed by atoms with E-state index in [2.05, 4.69) is 4.98 Å². The second kappa shape index (κ2) is 3.77. The molecule has 90 valence electrons. The molecule has 0 fully saturated rings. The number of nitrogen functional groups attached to an aromatic ring is 1. The fourth-order valence-electron chi connectivity index (χ4n) is 2.05. The van der Waals surface area contributed by atoms with E-state index in [4.69, 9.17) is 5.73 Å². The lowest BCUT2D eigenvalue weighted by Gasteiger charge is -2.03. The zero-order valence-corrected chi connectivity index (χ0v) is 9.44. The number of nitrogens with one attached hydrogen (secondary N) is 1. The van der Waals surface area contributed by atoms with Crippen LogP contribution in [-0.4, -0.2) is 10.1 Å². The summed E-state index contributed by atoms with van der Waals surface area (Å²) in [5.74, 6) is -0.236. The maximum atomic E-state index is 13.1. The lowest BCUT2D eigenvalue weighted by Crippen LogP contribution is -1.85. The highest BCUT2D eigenvalue weighted by Crippen LogP contribution is 2.32. The molecule has 3 aromatic rings. The number of rotatable bonds is 1. The number of aromatic hydroxyl groups is 1. The number of phenolic OH excluding ortho intramolecular Hbond substituents is 1. The first-order chi connectivity index (χ1) is 8.65. The van der Waals surface area contributed by atoms with E-state index in [1.807, 2.05) is 6.07 Å². The molecule has 4 N–H and O–H groups in total. The van der Waals surface area contributed by atoms with Crippen molar-refractivity contribution in [1.29, 1.82) is 0 Å². The van der Waals surface area contributed by atoms with Gasteiger partial charge in [-0.3, -0.25) is 0 Å². The first-order valence-corrected chi connectivity index (χ1v) is 5.50. The monoisotopic (exact) mass is 242 g/mol. The van der Waals surface area contributed by atoms with Gasteiger partial charge in [0.2, 0.25) is 0 Å². The van der Waals surface area contributed by atoms with Gasteiger partial charge in [-0.05, 0) is 35.9 Å². The predicted molar refractivity (Wildman–Crippen MR) is 69.8 cm³/mol. The van der Waals surface area contributed by atoms with E-state index in [1.54, 1.807) is 24.4 Å². The van der Waals surface area contributed by atoms with Crippen molar-refractivity contribution in [3.8, 4) is 16.9 Å². The van der Waals surface area contributed by atoms with Gasteiger partial charge in [-0.25, -0.2) is 4.39 Å². The van der Waals surface area contributed by atoms with Crippen LogP contribution >= 0.6 is 0 Å². The zero-order chi connectivity index (χ0) is 12.7. The van der Waals surface area contributed by atoms with E-state index in [0.717, 1.165) is 22.0 Å². The molecule has 3 nitrogen and oxygen atoms in total. The molecule has 0 amide bonds. The molecule has 1 aromatic heterocycles. The van der Waals surface area contributed by atoms with Crippen LogP contribution in [0.1, 0.15) is 0 Å². The van der Waals surface area contributed by atoms with Crippen molar-refractivity contribution in [2.24, 2.45) is 0 Å². The minimum absolute atomic E-state index is 0.0453. The Morgan fingerprint density at radius 1 is 1.11 bits per heavy atom. The number of aromatic nitrogens is 1. The molecule has 0 aliphatic carbocycles. The molecule has 4 heteroatoms. The largest absolute Gasteiger partial charge is 0.506 e. The Hall–Kier alpha value is -2.49. The highest BCUT2D eigenvalue weighted by Gasteiger charge is 2.08. The summed E-state index contributed by atoms with van der Waals surface area (Å²) in [4.78, 5) is 3.01. The van der Waals surface area contributed by atoms with Crippen LogP contribution in [0.5, 0.6) is 5.75 Å². The van der Waals surface area contributed by atoms with Crippen LogP contribution in [0.4, 0.5) is 10.1 Å². The molecular weight excluding hydrogens is 231 g/mol. The average molecular weight is 242 g/mol. The number of fused-ring (bicyclic) bond motifs is 1. The van der Waals surface area contributed by atoms with Crippen LogP contribution < -0.4 is 5.73 Å². The third-order valence-corrected chi connectivity index (χ3v) is 2.99. The minimum atomic E-state index is -0.281. The Balaban J connectivity index is 2.22. The molecule has 0 unspecified atom stereocenters. The smallest absolute Gasteiger partial charge is 0.139 e. The lowest BCUT2D eigenvalue weighted by molar-refractivity contribution is 0.478. The standard InChI is InChI=1S/C14H11FN2O/c15-9-2-3-10-11(7-17-13(10)6-9)8-1-4-12(16)14(18)5-8/h1-7,17-18H,16H2. The number of benzene rings is 2. The molecule has 1 heterocycles. The normalized spacial score (nSPS) is 10.9. The number of nitrogens with two attached hydrogens (primary N) is 1. The lowest BCUT2D eigenvalue weighted by atomic mass is 10.0. The molecule has 0 saturated carbocycles. The van der Waals surface area contributed by atoms with Gasteiger partial charge in [0.15, 0.2) is 0 Å². The maximum Gasteiger partial charge on any atom is 0.139 e. The Labute approximate surface area is 103 Å². The first-order valence-electron chi connectivity index (χ1n) is 5.50. The number of halogens is 1. The van der Waals surface area contributed by atoms with Crippen molar-refractivity contribution in [3.05, 3.63) is 48.4 Å². The van der Waals surface area contributed by atoms with Gasteiger partial charge in [0.1, 0.15) is 11.6 Å². The molecule has 0 atom stereocenters. The van der Waals surface area contributed by atoms with Crippen LogP contribution in [0.15, 0.2) is 42.6 Å². The van der Waals surface area contributed by atoms with Crippen molar-refractivity contribution >= 4 is 16.6 Å². The van der Waals surface area contributed by atoms with E-state index < -0.39 is 0 Å². The van der Waals surface area contributed by atoms with Gasteiger partial charge < -0.3 is 15.8 Å². The third kappa shape index (κ3) is 1.59. The number of anilines is 1. The van der Waals surface area contributed by atoms with Crippen molar-refractivity contribution < 1.29 is 9.50 Å². The minimum Gasteiger partial charge on any atom is -0.506 e. The molecule has 0 aliphatic heterocycles.